The van der Waals surface area contributed by atoms with Crippen LogP contribution in [0.2, 0.25) is 0 Å². The van der Waals surface area contributed by atoms with Crippen LogP contribution in [0.4, 0.5) is 5.69 Å². The highest BCUT2D eigenvalue weighted by Gasteiger charge is 2.19. The van der Waals surface area contributed by atoms with E-state index in [9.17, 15) is 13.2 Å². The molecule has 154 valence electrons. The Hall–Kier alpha value is -0.830. The molecule has 0 saturated carbocycles. The van der Waals surface area contributed by atoms with Crippen LogP contribution >= 0.6 is 22.6 Å². The molecule has 1 aromatic rings. The molecule has 1 rings (SSSR count). The van der Waals surface area contributed by atoms with Crippen LogP contribution in [0.3, 0.4) is 0 Å². The number of carbonyl (C=O) groups is 1. The standard InChI is InChI=1S/C20H33IN2O3S/c1-5-7-9-17(6-2)15-22-20(24)10-8-13-23(27(4,25)26)19-12-11-18(21)14-16(19)3/h11-12,14,17H,5-10,13,15H2,1-4H3,(H,22,24)/t17-/m1/s1. The molecule has 7 heteroatoms. The fraction of sp³-hybridized carbons (Fsp3) is 0.650. The highest BCUT2D eigenvalue weighted by molar-refractivity contribution is 14.1. The van der Waals surface area contributed by atoms with Gasteiger partial charge in [-0.15, -0.1) is 0 Å². The van der Waals surface area contributed by atoms with Gasteiger partial charge in [0, 0.05) is 23.1 Å². The summed E-state index contributed by atoms with van der Waals surface area (Å²) in [6.45, 7) is 7.25. The largest absolute Gasteiger partial charge is 0.356 e. The molecule has 0 spiro atoms. The van der Waals surface area contributed by atoms with Gasteiger partial charge in [-0.25, -0.2) is 8.42 Å². The van der Waals surface area contributed by atoms with Gasteiger partial charge in [0.25, 0.3) is 0 Å². The molecule has 1 atom stereocenters. The molecule has 0 heterocycles. The van der Waals surface area contributed by atoms with Gasteiger partial charge in [0.1, 0.15) is 0 Å². The average molecular weight is 508 g/mol. The lowest BCUT2D eigenvalue weighted by atomic mass is 9.99. The van der Waals surface area contributed by atoms with E-state index < -0.39 is 10.0 Å². The van der Waals surface area contributed by atoms with Crippen molar-refractivity contribution in [1.29, 1.82) is 0 Å². The monoisotopic (exact) mass is 508 g/mol. The number of halogens is 1. The molecule has 1 N–H and O–H groups in total. The normalized spacial score (nSPS) is 12.6. The molecular formula is C20H33IN2O3S. The number of anilines is 1. The van der Waals surface area contributed by atoms with Crippen molar-refractivity contribution in [3.05, 3.63) is 27.3 Å². The molecule has 0 aromatic heterocycles. The summed E-state index contributed by atoms with van der Waals surface area (Å²) >= 11 is 2.21. The molecule has 0 fully saturated rings. The molecule has 0 aliphatic rings. The number of benzene rings is 1. The summed E-state index contributed by atoms with van der Waals surface area (Å²) in [7, 11) is -3.39. The lowest BCUT2D eigenvalue weighted by molar-refractivity contribution is -0.121. The summed E-state index contributed by atoms with van der Waals surface area (Å²) in [5, 5.41) is 3.01. The molecule has 1 amide bonds. The third kappa shape index (κ3) is 8.81. The number of carbonyl (C=O) groups excluding carboxylic acids is 1. The van der Waals surface area contributed by atoms with Crippen LogP contribution in [0.1, 0.15) is 57.9 Å². The van der Waals surface area contributed by atoms with Crippen LogP contribution in [0.5, 0.6) is 0 Å². The number of sulfonamides is 1. The van der Waals surface area contributed by atoms with Crippen LogP contribution in [0, 0.1) is 16.4 Å². The second kappa shape index (κ2) is 11.9. The summed E-state index contributed by atoms with van der Waals surface area (Å²) in [5.74, 6) is 0.522. The number of aryl methyl sites for hydroxylation is 1. The van der Waals surface area contributed by atoms with Gasteiger partial charge in [-0.3, -0.25) is 9.10 Å². The van der Waals surface area contributed by atoms with E-state index >= 15 is 0 Å². The number of rotatable bonds is 12. The maximum Gasteiger partial charge on any atom is 0.232 e. The van der Waals surface area contributed by atoms with Crippen molar-refractivity contribution < 1.29 is 13.2 Å². The fourth-order valence-corrected chi connectivity index (χ4v) is 4.71. The smallest absolute Gasteiger partial charge is 0.232 e. The van der Waals surface area contributed by atoms with E-state index in [2.05, 4.69) is 41.8 Å². The van der Waals surface area contributed by atoms with E-state index in [1.54, 1.807) is 0 Å². The van der Waals surface area contributed by atoms with E-state index in [4.69, 9.17) is 0 Å². The van der Waals surface area contributed by atoms with Crippen LogP contribution in [0.15, 0.2) is 18.2 Å². The van der Waals surface area contributed by atoms with Crippen molar-refractivity contribution in [2.75, 3.05) is 23.7 Å². The molecular weight excluding hydrogens is 475 g/mol. The van der Waals surface area contributed by atoms with Crippen molar-refractivity contribution >= 4 is 44.2 Å². The predicted molar refractivity (Wildman–Crippen MR) is 122 cm³/mol. The van der Waals surface area contributed by atoms with Crippen LogP contribution in [-0.4, -0.2) is 33.7 Å². The van der Waals surface area contributed by atoms with Gasteiger partial charge in [0.15, 0.2) is 0 Å². The van der Waals surface area contributed by atoms with Gasteiger partial charge in [0.2, 0.25) is 15.9 Å². The zero-order valence-corrected chi connectivity index (χ0v) is 19.9. The summed E-state index contributed by atoms with van der Waals surface area (Å²) < 4.78 is 26.9. The Balaban J connectivity index is 2.58. The number of nitrogens with zero attached hydrogens (tertiary/aromatic N) is 1. The molecule has 0 aliphatic carbocycles. The van der Waals surface area contributed by atoms with Crippen LogP contribution in [-0.2, 0) is 14.8 Å². The Morgan fingerprint density at radius 2 is 1.96 bits per heavy atom. The molecule has 0 aliphatic heterocycles. The molecule has 27 heavy (non-hydrogen) atoms. The number of amides is 1. The Morgan fingerprint density at radius 3 is 2.52 bits per heavy atom. The first-order valence-corrected chi connectivity index (χ1v) is 12.6. The lowest BCUT2D eigenvalue weighted by Gasteiger charge is -2.24. The highest BCUT2D eigenvalue weighted by atomic mass is 127. The van der Waals surface area contributed by atoms with E-state index in [0.29, 0.717) is 37.5 Å². The summed E-state index contributed by atoms with van der Waals surface area (Å²) in [6, 6.07) is 5.69. The minimum Gasteiger partial charge on any atom is -0.356 e. The second-order valence-corrected chi connectivity index (χ2v) is 10.2. The quantitative estimate of drug-likeness (QED) is 0.424. The van der Waals surface area contributed by atoms with Gasteiger partial charge in [-0.2, -0.15) is 0 Å². The van der Waals surface area contributed by atoms with Crippen molar-refractivity contribution in [1.82, 2.24) is 5.32 Å². The molecule has 0 unspecified atom stereocenters. The first-order chi connectivity index (χ1) is 12.7. The zero-order chi connectivity index (χ0) is 20.4. The molecule has 0 saturated heterocycles. The summed E-state index contributed by atoms with van der Waals surface area (Å²) in [5.41, 5.74) is 1.60. The molecule has 0 bridgehead atoms. The van der Waals surface area contributed by atoms with Gasteiger partial charge < -0.3 is 5.32 Å². The molecule has 5 nitrogen and oxygen atoms in total. The van der Waals surface area contributed by atoms with Crippen molar-refractivity contribution in [3.8, 4) is 0 Å². The van der Waals surface area contributed by atoms with Crippen molar-refractivity contribution in [2.24, 2.45) is 5.92 Å². The Labute approximate surface area is 178 Å². The lowest BCUT2D eigenvalue weighted by Crippen LogP contribution is -2.33. The third-order valence-corrected chi connectivity index (χ3v) is 6.58. The van der Waals surface area contributed by atoms with Crippen LogP contribution < -0.4 is 9.62 Å². The van der Waals surface area contributed by atoms with Crippen LogP contribution in [0.25, 0.3) is 0 Å². The Bertz CT molecular complexity index is 707. The van der Waals surface area contributed by atoms with Gasteiger partial charge in [0.05, 0.1) is 11.9 Å². The second-order valence-electron chi connectivity index (χ2n) is 7.09. The van der Waals surface area contributed by atoms with E-state index in [0.717, 1.165) is 22.0 Å². The average Bonchev–Trinajstić information content (AvgIpc) is 2.59. The number of unbranched alkanes of at least 4 members (excludes halogenated alkanes) is 1. The SMILES string of the molecule is CCCC[C@@H](CC)CNC(=O)CCCN(c1ccc(I)cc1C)S(C)(=O)=O. The minimum absolute atomic E-state index is 0.00210. The van der Waals surface area contributed by atoms with Gasteiger partial charge in [-0.1, -0.05) is 33.1 Å². The summed E-state index contributed by atoms with van der Waals surface area (Å²) in [6.07, 6.45) is 6.60. The number of nitrogens with one attached hydrogen (secondary N) is 1. The fourth-order valence-electron chi connectivity index (χ4n) is 3.04. The molecule has 1 aromatic carbocycles. The number of hydrogen-bond acceptors (Lipinski definition) is 3. The highest BCUT2D eigenvalue weighted by Crippen LogP contribution is 2.24. The number of hydrogen-bond donors (Lipinski definition) is 1. The first-order valence-electron chi connectivity index (χ1n) is 9.69. The van der Waals surface area contributed by atoms with Crippen molar-refractivity contribution in [3.63, 3.8) is 0 Å². The van der Waals surface area contributed by atoms with E-state index in [-0.39, 0.29) is 5.91 Å². The maximum absolute atomic E-state index is 12.2. The Kier molecular flexibility index (Phi) is 10.7. The van der Waals surface area contributed by atoms with Crippen molar-refractivity contribution in [2.45, 2.75) is 59.3 Å². The third-order valence-electron chi connectivity index (χ3n) is 4.72. The van der Waals surface area contributed by atoms with E-state index in [1.165, 1.54) is 23.4 Å². The van der Waals surface area contributed by atoms with Gasteiger partial charge in [-0.05, 0) is 72.0 Å². The molecule has 0 radical (unpaired) electrons. The Morgan fingerprint density at radius 1 is 1.26 bits per heavy atom. The maximum atomic E-state index is 12.2. The summed E-state index contributed by atoms with van der Waals surface area (Å²) in [4.78, 5) is 12.1. The zero-order valence-electron chi connectivity index (χ0n) is 16.9. The minimum atomic E-state index is -3.39. The van der Waals surface area contributed by atoms with E-state index in [1.807, 2.05) is 25.1 Å². The predicted octanol–water partition coefficient (Wildman–Crippen LogP) is 4.48. The topological polar surface area (TPSA) is 66.5 Å². The first kappa shape index (κ1) is 24.2. The van der Waals surface area contributed by atoms with Gasteiger partial charge >= 0.3 is 0 Å².